The van der Waals surface area contributed by atoms with Crippen molar-refractivity contribution in [1.29, 1.82) is 0 Å². The normalized spacial score (nSPS) is 18.2. The lowest BCUT2D eigenvalue weighted by Gasteiger charge is -2.00. The maximum Gasteiger partial charge on any atom is -0.0162 e. The van der Waals surface area contributed by atoms with E-state index in [1.165, 1.54) is 24.0 Å². The van der Waals surface area contributed by atoms with Gasteiger partial charge in [-0.2, -0.15) is 0 Å². The Morgan fingerprint density at radius 2 is 2.08 bits per heavy atom. The molecule has 0 aromatic rings. The quantitative estimate of drug-likeness (QED) is 0.549. The van der Waals surface area contributed by atoms with Gasteiger partial charge in [0.1, 0.15) is 0 Å². The van der Waals surface area contributed by atoms with Crippen molar-refractivity contribution < 1.29 is 0 Å². The second kappa shape index (κ2) is 5.06. The molecule has 0 amide bonds. The zero-order valence-corrected chi connectivity index (χ0v) is 8.84. The Bertz CT molecular complexity index is 226. The summed E-state index contributed by atoms with van der Waals surface area (Å²) in [5.41, 5.74) is 2.75. The van der Waals surface area contributed by atoms with E-state index in [0.29, 0.717) is 0 Å². The lowest BCUT2D eigenvalue weighted by atomic mass is 10.1. The molecule has 1 rings (SSSR count). The minimum absolute atomic E-state index is 0.839. The largest absolute Gasteiger partial charge is 0.0958 e. The molecule has 0 unspecified atom stereocenters. The monoisotopic (exact) mass is 176 g/mol. The van der Waals surface area contributed by atoms with Crippen LogP contribution in [0.1, 0.15) is 39.5 Å². The van der Waals surface area contributed by atoms with E-state index in [-0.39, 0.29) is 0 Å². The predicted octanol–water partition coefficient (Wildman–Crippen LogP) is 4.26. The van der Waals surface area contributed by atoms with Crippen molar-refractivity contribution in [3.63, 3.8) is 0 Å². The Morgan fingerprint density at radius 3 is 2.54 bits per heavy atom. The van der Waals surface area contributed by atoms with Crippen molar-refractivity contribution in [2.45, 2.75) is 39.5 Å². The Labute approximate surface area is 82.0 Å². The van der Waals surface area contributed by atoms with E-state index in [1.54, 1.807) is 0 Å². The third-order valence-electron chi connectivity index (χ3n) is 2.42. The van der Waals surface area contributed by atoms with Gasteiger partial charge in [0.15, 0.2) is 0 Å². The Kier molecular flexibility index (Phi) is 4.01. The SMILES string of the molecule is C=C(/C=C(\C=C/CC)C1CC1)CC. The zero-order chi connectivity index (χ0) is 9.68. The summed E-state index contributed by atoms with van der Waals surface area (Å²) in [5.74, 6) is 0.839. The summed E-state index contributed by atoms with van der Waals surface area (Å²) < 4.78 is 0. The molecule has 0 aliphatic heterocycles. The molecule has 1 aliphatic rings. The topological polar surface area (TPSA) is 0 Å². The molecule has 0 N–H and O–H groups in total. The maximum atomic E-state index is 4.02. The van der Waals surface area contributed by atoms with Crippen molar-refractivity contribution in [2.24, 2.45) is 5.92 Å². The third-order valence-corrected chi connectivity index (χ3v) is 2.42. The molecule has 1 fully saturated rings. The Hall–Kier alpha value is -0.780. The van der Waals surface area contributed by atoms with Gasteiger partial charge in [0.2, 0.25) is 0 Å². The number of hydrogen-bond donors (Lipinski definition) is 0. The maximum absolute atomic E-state index is 4.02. The predicted molar refractivity (Wildman–Crippen MR) is 59.7 cm³/mol. The molecule has 0 bridgehead atoms. The first-order valence-electron chi connectivity index (χ1n) is 5.33. The molecule has 0 aromatic heterocycles. The molecular weight excluding hydrogens is 156 g/mol. The summed E-state index contributed by atoms with van der Waals surface area (Å²) in [5, 5.41) is 0. The van der Waals surface area contributed by atoms with Crippen LogP contribution in [-0.4, -0.2) is 0 Å². The third kappa shape index (κ3) is 3.63. The van der Waals surface area contributed by atoms with E-state index < -0.39 is 0 Å². The zero-order valence-electron chi connectivity index (χ0n) is 8.84. The van der Waals surface area contributed by atoms with Crippen molar-refractivity contribution in [3.05, 3.63) is 36.0 Å². The minimum atomic E-state index is 0.839. The summed E-state index contributed by atoms with van der Waals surface area (Å²) in [6.45, 7) is 8.36. The average molecular weight is 176 g/mol. The molecule has 0 heteroatoms. The van der Waals surface area contributed by atoms with Gasteiger partial charge in [0.25, 0.3) is 0 Å². The number of hydrogen-bond acceptors (Lipinski definition) is 0. The molecule has 0 saturated heterocycles. The highest BCUT2D eigenvalue weighted by atomic mass is 14.3. The fraction of sp³-hybridized carbons (Fsp3) is 0.538. The van der Waals surface area contributed by atoms with Gasteiger partial charge in [-0.25, -0.2) is 0 Å². The molecule has 1 aliphatic carbocycles. The van der Waals surface area contributed by atoms with Crippen LogP contribution in [0.4, 0.5) is 0 Å². The van der Waals surface area contributed by atoms with E-state index in [0.717, 1.165) is 18.8 Å². The summed E-state index contributed by atoms with van der Waals surface area (Å²) in [7, 11) is 0. The van der Waals surface area contributed by atoms with E-state index in [2.05, 4.69) is 38.7 Å². The van der Waals surface area contributed by atoms with Gasteiger partial charge in [-0.3, -0.25) is 0 Å². The van der Waals surface area contributed by atoms with Crippen LogP contribution < -0.4 is 0 Å². The molecule has 72 valence electrons. The summed E-state index contributed by atoms with van der Waals surface area (Å²) in [4.78, 5) is 0. The van der Waals surface area contributed by atoms with Gasteiger partial charge in [-0.15, -0.1) is 0 Å². The van der Waals surface area contributed by atoms with Gasteiger partial charge < -0.3 is 0 Å². The van der Waals surface area contributed by atoms with Crippen molar-refractivity contribution in [3.8, 4) is 0 Å². The van der Waals surface area contributed by atoms with Crippen molar-refractivity contribution >= 4 is 0 Å². The summed E-state index contributed by atoms with van der Waals surface area (Å²) in [6.07, 6.45) is 11.7. The van der Waals surface area contributed by atoms with Crippen LogP contribution >= 0.6 is 0 Å². The van der Waals surface area contributed by atoms with Crippen molar-refractivity contribution in [1.82, 2.24) is 0 Å². The van der Waals surface area contributed by atoms with Gasteiger partial charge >= 0.3 is 0 Å². The van der Waals surface area contributed by atoms with Crippen LogP contribution in [0.25, 0.3) is 0 Å². The van der Waals surface area contributed by atoms with E-state index in [1.807, 2.05) is 0 Å². The molecule has 0 atom stereocenters. The van der Waals surface area contributed by atoms with Crippen molar-refractivity contribution in [2.75, 3.05) is 0 Å². The Morgan fingerprint density at radius 1 is 1.38 bits per heavy atom. The second-order valence-electron chi connectivity index (χ2n) is 3.74. The first kappa shape index (κ1) is 10.3. The number of allylic oxidation sites excluding steroid dienone is 5. The smallest absolute Gasteiger partial charge is 0.0162 e. The molecule has 13 heavy (non-hydrogen) atoms. The highest BCUT2D eigenvalue weighted by Gasteiger charge is 2.23. The molecule has 0 aromatic carbocycles. The standard InChI is InChI=1S/C13H20/c1-4-6-7-13(12-8-9-12)10-11(3)5-2/h6-7,10,12H,3-5,8-9H2,1-2H3/b7-6-,13-10+. The lowest BCUT2D eigenvalue weighted by Crippen LogP contribution is -1.83. The van der Waals surface area contributed by atoms with Crippen LogP contribution in [0, 0.1) is 5.92 Å². The van der Waals surface area contributed by atoms with Gasteiger partial charge in [0, 0.05) is 0 Å². The number of rotatable bonds is 5. The molecule has 0 nitrogen and oxygen atoms in total. The minimum Gasteiger partial charge on any atom is -0.0958 e. The van der Waals surface area contributed by atoms with E-state index in [9.17, 15) is 0 Å². The molecule has 0 spiro atoms. The van der Waals surface area contributed by atoms with Crippen LogP contribution in [0.2, 0.25) is 0 Å². The lowest BCUT2D eigenvalue weighted by molar-refractivity contribution is 1.03. The van der Waals surface area contributed by atoms with Gasteiger partial charge in [-0.1, -0.05) is 44.2 Å². The highest BCUT2D eigenvalue weighted by Crippen LogP contribution is 2.37. The molecule has 1 saturated carbocycles. The molecule has 0 heterocycles. The first-order chi connectivity index (χ1) is 6.27. The van der Waals surface area contributed by atoms with Crippen LogP contribution in [0.15, 0.2) is 36.0 Å². The van der Waals surface area contributed by atoms with E-state index >= 15 is 0 Å². The fourth-order valence-electron chi connectivity index (χ4n) is 1.31. The Balaban J connectivity index is 2.60. The first-order valence-corrected chi connectivity index (χ1v) is 5.33. The van der Waals surface area contributed by atoms with Gasteiger partial charge in [-0.05, 0) is 37.2 Å². The summed E-state index contributed by atoms with van der Waals surface area (Å²) in [6, 6.07) is 0. The van der Waals surface area contributed by atoms with Crippen LogP contribution in [0.3, 0.4) is 0 Å². The second-order valence-corrected chi connectivity index (χ2v) is 3.74. The van der Waals surface area contributed by atoms with Crippen LogP contribution in [0.5, 0.6) is 0 Å². The van der Waals surface area contributed by atoms with E-state index in [4.69, 9.17) is 0 Å². The molecule has 0 radical (unpaired) electrons. The fourth-order valence-corrected chi connectivity index (χ4v) is 1.31. The molecular formula is C13H20. The van der Waals surface area contributed by atoms with Gasteiger partial charge in [0.05, 0.1) is 0 Å². The average Bonchev–Trinajstić information content (AvgIpc) is 2.94. The summed E-state index contributed by atoms with van der Waals surface area (Å²) >= 11 is 0. The van der Waals surface area contributed by atoms with Crippen LogP contribution in [-0.2, 0) is 0 Å². The highest BCUT2D eigenvalue weighted by molar-refractivity contribution is 5.32.